The number of hydrogen-bond acceptors (Lipinski definition) is 5. The summed E-state index contributed by atoms with van der Waals surface area (Å²) in [6, 6.07) is 0. The lowest BCUT2D eigenvalue weighted by Crippen LogP contribution is -2.21. The van der Waals surface area contributed by atoms with Gasteiger partial charge in [0.15, 0.2) is 0 Å². The second-order valence-corrected chi connectivity index (χ2v) is 2.91. The third-order valence-corrected chi connectivity index (χ3v) is 1.98. The Morgan fingerprint density at radius 3 is 2.91 bits per heavy atom. The first kappa shape index (κ1) is 8.58. The standard InChI is InChI=1S/C5H5BO4S/c7-3-4-1-2-5(11-4)10-6(8)9/h1-2,5,8-9H. The summed E-state index contributed by atoms with van der Waals surface area (Å²) < 4.78 is 4.53. The fraction of sp³-hybridized carbons (Fsp3) is 0.200. The Balaban J connectivity index is 2.44. The van der Waals surface area contributed by atoms with E-state index in [0.29, 0.717) is 4.91 Å². The fourth-order valence-corrected chi connectivity index (χ4v) is 1.39. The summed E-state index contributed by atoms with van der Waals surface area (Å²) in [4.78, 5) is 10.4. The normalized spacial score (nSPS) is 22.0. The van der Waals surface area contributed by atoms with Gasteiger partial charge in [0.1, 0.15) is 11.4 Å². The van der Waals surface area contributed by atoms with Crippen LogP contribution in [0, 0.1) is 0 Å². The van der Waals surface area contributed by atoms with E-state index in [9.17, 15) is 4.79 Å². The van der Waals surface area contributed by atoms with Crippen LogP contribution in [0.3, 0.4) is 0 Å². The molecule has 0 fully saturated rings. The van der Waals surface area contributed by atoms with Gasteiger partial charge < -0.3 is 14.7 Å². The molecular formula is C5H5BO4S. The van der Waals surface area contributed by atoms with E-state index in [-0.39, 0.29) is 0 Å². The molecule has 1 aliphatic heterocycles. The number of rotatable bonds is 2. The average molecular weight is 172 g/mol. The Hall–Kier alpha value is -0.515. The Morgan fingerprint density at radius 2 is 2.45 bits per heavy atom. The van der Waals surface area contributed by atoms with Crippen molar-refractivity contribution < 1.29 is 19.5 Å². The molecule has 11 heavy (non-hydrogen) atoms. The Bertz CT molecular complexity index is 221. The first-order valence-electron chi connectivity index (χ1n) is 2.84. The highest BCUT2D eigenvalue weighted by Crippen LogP contribution is 2.29. The number of thioether (sulfide) groups is 1. The van der Waals surface area contributed by atoms with Crippen LogP contribution in [0.4, 0.5) is 0 Å². The summed E-state index contributed by atoms with van der Waals surface area (Å²) in [5, 5.41) is 16.7. The highest BCUT2D eigenvalue weighted by molar-refractivity contribution is 8.04. The van der Waals surface area contributed by atoms with E-state index >= 15 is 0 Å². The first-order chi connectivity index (χ1) is 5.22. The van der Waals surface area contributed by atoms with E-state index in [1.165, 1.54) is 6.08 Å². The molecule has 6 heteroatoms. The molecule has 0 amide bonds. The molecule has 0 aromatic carbocycles. The zero-order valence-electron chi connectivity index (χ0n) is 5.43. The lowest BCUT2D eigenvalue weighted by Gasteiger charge is -2.06. The van der Waals surface area contributed by atoms with E-state index < -0.39 is 12.8 Å². The van der Waals surface area contributed by atoms with Crippen LogP contribution in [0.5, 0.6) is 0 Å². The molecule has 1 aliphatic rings. The molecule has 2 N–H and O–H groups in total. The van der Waals surface area contributed by atoms with E-state index in [2.05, 4.69) is 4.65 Å². The molecule has 1 rings (SSSR count). The number of allylic oxidation sites excluding steroid dienone is 1. The Morgan fingerprint density at radius 1 is 1.73 bits per heavy atom. The average Bonchev–Trinajstić information content (AvgIpc) is 2.34. The van der Waals surface area contributed by atoms with E-state index in [0.717, 1.165) is 11.8 Å². The Kier molecular flexibility index (Phi) is 2.93. The van der Waals surface area contributed by atoms with E-state index in [1.54, 1.807) is 12.0 Å². The van der Waals surface area contributed by atoms with E-state index in [4.69, 9.17) is 10.0 Å². The molecule has 1 unspecified atom stereocenters. The van der Waals surface area contributed by atoms with Gasteiger partial charge >= 0.3 is 7.32 Å². The maximum atomic E-state index is 10.0. The molecule has 1 heterocycles. The van der Waals surface area contributed by atoms with Crippen LogP contribution in [0.25, 0.3) is 0 Å². The van der Waals surface area contributed by atoms with Crippen LogP contribution in [0.2, 0.25) is 0 Å². The van der Waals surface area contributed by atoms with Crippen LogP contribution in [-0.4, -0.2) is 28.7 Å². The van der Waals surface area contributed by atoms with Crippen molar-refractivity contribution in [3.8, 4) is 0 Å². The van der Waals surface area contributed by atoms with Crippen LogP contribution in [0.1, 0.15) is 0 Å². The van der Waals surface area contributed by atoms with Crippen molar-refractivity contribution in [2.45, 2.75) is 5.44 Å². The van der Waals surface area contributed by atoms with Crippen LogP contribution < -0.4 is 0 Å². The van der Waals surface area contributed by atoms with Gasteiger partial charge in [0, 0.05) is 0 Å². The summed E-state index contributed by atoms with van der Waals surface area (Å²) in [5.41, 5.74) is -0.494. The van der Waals surface area contributed by atoms with Gasteiger partial charge in [0.2, 0.25) is 0 Å². The predicted octanol–water partition coefficient (Wildman–Crippen LogP) is -0.683. The minimum Gasteiger partial charge on any atom is -0.402 e. The third-order valence-electron chi connectivity index (χ3n) is 1.00. The second kappa shape index (κ2) is 3.76. The quantitative estimate of drug-likeness (QED) is 0.426. The zero-order valence-corrected chi connectivity index (χ0v) is 6.25. The van der Waals surface area contributed by atoms with Gasteiger partial charge in [-0.2, -0.15) is 0 Å². The SMILES string of the molecule is O=C=C1C=CC(OB(O)O)S1. The number of carbonyl (C=O) groups excluding carboxylic acids is 1. The fourth-order valence-electron chi connectivity index (χ4n) is 0.621. The molecule has 0 spiro atoms. The molecular weight excluding hydrogens is 167 g/mol. The molecule has 1 atom stereocenters. The molecule has 0 aliphatic carbocycles. The molecule has 58 valence electrons. The second-order valence-electron chi connectivity index (χ2n) is 1.77. The van der Waals surface area contributed by atoms with Gasteiger partial charge in [0.05, 0.1) is 4.91 Å². The molecule has 0 aromatic rings. The lowest BCUT2D eigenvalue weighted by molar-refractivity contribution is 0.192. The predicted molar refractivity (Wildman–Crippen MR) is 41.0 cm³/mol. The van der Waals surface area contributed by atoms with Crippen molar-refractivity contribution in [1.82, 2.24) is 0 Å². The molecule has 0 bridgehead atoms. The summed E-state index contributed by atoms with van der Waals surface area (Å²) in [6.45, 7) is 0. The van der Waals surface area contributed by atoms with Crippen LogP contribution in [-0.2, 0) is 9.45 Å². The highest BCUT2D eigenvalue weighted by Gasteiger charge is 2.21. The van der Waals surface area contributed by atoms with Gasteiger partial charge in [-0.1, -0.05) is 11.8 Å². The summed E-state index contributed by atoms with van der Waals surface area (Å²) >= 11 is 1.08. The topological polar surface area (TPSA) is 66.8 Å². The van der Waals surface area contributed by atoms with Crippen molar-refractivity contribution in [2.75, 3.05) is 0 Å². The van der Waals surface area contributed by atoms with Gasteiger partial charge in [0.25, 0.3) is 0 Å². The third kappa shape index (κ3) is 2.53. The first-order valence-corrected chi connectivity index (χ1v) is 3.72. The summed E-state index contributed by atoms with van der Waals surface area (Å²) in [7, 11) is -1.80. The van der Waals surface area contributed by atoms with Crippen LogP contribution in [0.15, 0.2) is 17.1 Å². The van der Waals surface area contributed by atoms with Crippen LogP contribution >= 0.6 is 11.8 Å². The monoisotopic (exact) mass is 172 g/mol. The van der Waals surface area contributed by atoms with Gasteiger partial charge in [-0.3, -0.25) is 0 Å². The molecule has 0 aromatic heterocycles. The van der Waals surface area contributed by atoms with Gasteiger partial charge in [-0.15, -0.1) is 0 Å². The minimum atomic E-state index is -1.80. The molecule has 0 radical (unpaired) electrons. The maximum absolute atomic E-state index is 10.0. The molecule has 0 saturated carbocycles. The van der Waals surface area contributed by atoms with Crippen molar-refractivity contribution in [2.24, 2.45) is 0 Å². The highest BCUT2D eigenvalue weighted by atomic mass is 32.2. The maximum Gasteiger partial charge on any atom is 0.634 e. The largest absolute Gasteiger partial charge is 0.634 e. The smallest absolute Gasteiger partial charge is 0.402 e. The minimum absolute atomic E-state index is 0.399. The van der Waals surface area contributed by atoms with Crippen molar-refractivity contribution in [3.05, 3.63) is 17.1 Å². The van der Waals surface area contributed by atoms with Crippen molar-refractivity contribution in [1.29, 1.82) is 0 Å². The molecule has 0 saturated heterocycles. The Labute approximate surface area is 67.7 Å². The van der Waals surface area contributed by atoms with Gasteiger partial charge in [-0.05, 0) is 12.2 Å². The lowest BCUT2D eigenvalue weighted by atomic mass is 10.3. The van der Waals surface area contributed by atoms with E-state index in [1.807, 2.05) is 0 Å². The van der Waals surface area contributed by atoms with Crippen molar-refractivity contribution in [3.63, 3.8) is 0 Å². The van der Waals surface area contributed by atoms with Crippen molar-refractivity contribution >= 4 is 25.0 Å². The van der Waals surface area contributed by atoms with Gasteiger partial charge in [-0.25, -0.2) is 4.79 Å². The number of hydrogen-bond donors (Lipinski definition) is 2. The molecule has 4 nitrogen and oxygen atoms in total. The summed E-state index contributed by atoms with van der Waals surface area (Å²) in [5.74, 6) is 1.67. The summed E-state index contributed by atoms with van der Waals surface area (Å²) in [6.07, 6.45) is 3.06. The zero-order chi connectivity index (χ0) is 8.27.